The molecule has 1 amide bonds. The highest BCUT2D eigenvalue weighted by Gasteiger charge is 2.37. The number of nitrogens with zero attached hydrogens (tertiary/aromatic N) is 6. The number of piperidine rings is 1. The summed E-state index contributed by atoms with van der Waals surface area (Å²) in [6.07, 6.45) is 8.49. The predicted octanol–water partition coefficient (Wildman–Crippen LogP) is 6.52. The molecule has 1 aliphatic rings. The van der Waals surface area contributed by atoms with Gasteiger partial charge in [0.1, 0.15) is 12.2 Å². The Hall–Kier alpha value is -4.27. The van der Waals surface area contributed by atoms with Gasteiger partial charge in [-0.1, -0.05) is 65.7 Å². The molecule has 5 aromatic rings. The zero-order chi connectivity index (χ0) is 27.5. The van der Waals surface area contributed by atoms with Crippen LogP contribution in [-0.2, 0) is 4.79 Å². The van der Waals surface area contributed by atoms with E-state index in [0.717, 1.165) is 41.2 Å². The molecule has 0 bridgehead atoms. The van der Waals surface area contributed by atoms with Crippen LogP contribution >= 0.6 is 23.2 Å². The third-order valence-electron chi connectivity index (χ3n) is 7.16. The van der Waals surface area contributed by atoms with Gasteiger partial charge in [0.05, 0.1) is 23.6 Å². The number of hydrogen-bond donors (Lipinski definition) is 1. The van der Waals surface area contributed by atoms with Gasteiger partial charge in [-0.2, -0.15) is 4.68 Å². The molecule has 0 spiro atoms. The molecule has 40 heavy (non-hydrogen) atoms. The first-order valence-corrected chi connectivity index (χ1v) is 13.7. The fraction of sp³-hybridized carbons (Fsp3) is 0.167. The molecule has 0 radical (unpaired) electrons. The van der Waals surface area contributed by atoms with Crippen molar-refractivity contribution in [2.75, 3.05) is 6.54 Å². The molecule has 2 atom stereocenters. The molecular weight excluding hydrogens is 545 g/mol. The Morgan fingerprint density at radius 3 is 2.58 bits per heavy atom. The fourth-order valence-corrected chi connectivity index (χ4v) is 5.60. The minimum atomic E-state index is -0.271. The maximum Gasteiger partial charge on any atom is 0.247 e. The number of tetrazole rings is 1. The Morgan fingerprint density at radius 2 is 1.80 bits per heavy atom. The quantitative estimate of drug-likeness (QED) is 0.235. The van der Waals surface area contributed by atoms with Crippen molar-refractivity contribution >= 4 is 35.2 Å². The number of aromatic nitrogens is 6. The molecule has 2 aromatic heterocycles. The Labute approximate surface area is 241 Å². The van der Waals surface area contributed by atoms with Crippen LogP contribution in [0.15, 0.2) is 91.4 Å². The molecule has 1 aliphatic heterocycles. The zero-order valence-corrected chi connectivity index (χ0v) is 22.9. The molecule has 1 saturated heterocycles. The second-order valence-corrected chi connectivity index (χ2v) is 10.5. The number of carbonyl (C=O) groups is 1. The van der Waals surface area contributed by atoms with Gasteiger partial charge in [0.15, 0.2) is 0 Å². The van der Waals surface area contributed by atoms with Crippen molar-refractivity contribution in [1.82, 2.24) is 35.1 Å². The van der Waals surface area contributed by atoms with E-state index in [0.29, 0.717) is 16.6 Å². The first-order chi connectivity index (χ1) is 19.6. The zero-order valence-electron chi connectivity index (χ0n) is 21.4. The van der Waals surface area contributed by atoms with E-state index in [1.807, 2.05) is 59.6 Å². The summed E-state index contributed by atoms with van der Waals surface area (Å²) in [6, 6.07) is 23.0. The van der Waals surface area contributed by atoms with E-state index in [4.69, 9.17) is 28.2 Å². The number of amides is 1. The minimum absolute atomic E-state index is 0.0828. The molecule has 0 saturated carbocycles. The number of H-pyrrole nitrogens is 1. The van der Waals surface area contributed by atoms with Crippen molar-refractivity contribution in [1.29, 1.82) is 0 Å². The van der Waals surface area contributed by atoms with Crippen LogP contribution in [0.1, 0.15) is 41.8 Å². The third kappa shape index (κ3) is 5.41. The summed E-state index contributed by atoms with van der Waals surface area (Å²) in [5, 5.41) is 12.7. The Kier molecular flexibility index (Phi) is 7.44. The van der Waals surface area contributed by atoms with E-state index >= 15 is 0 Å². The average Bonchev–Trinajstić information content (AvgIpc) is 3.70. The summed E-state index contributed by atoms with van der Waals surface area (Å²) in [7, 11) is 0. The second kappa shape index (κ2) is 11.5. The molecule has 1 N–H and O–H groups in total. The highest BCUT2D eigenvalue weighted by Crippen LogP contribution is 2.42. The highest BCUT2D eigenvalue weighted by atomic mass is 35.5. The van der Waals surface area contributed by atoms with E-state index < -0.39 is 0 Å². The van der Waals surface area contributed by atoms with Gasteiger partial charge >= 0.3 is 0 Å². The molecular formula is C30H25Cl2N7O. The van der Waals surface area contributed by atoms with Gasteiger partial charge in [-0.3, -0.25) is 4.79 Å². The number of aromatic amines is 1. The van der Waals surface area contributed by atoms with Gasteiger partial charge in [0.2, 0.25) is 5.91 Å². The Bertz CT molecular complexity index is 1630. The first kappa shape index (κ1) is 26.0. The number of benzene rings is 3. The standard InChI is InChI=1S/C30H25Cl2N7O/c31-23-11-8-21(9-12-23)26-18-33-30(35-26)29-25(20-5-2-1-3-6-20)7-4-16-38(29)28(40)15-10-22-17-24(32)13-14-27(22)39-19-34-36-37-39/h1-3,5-6,8-15,17-19,25,29H,4,7,16H2,(H,33,35). The monoisotopic (exact) mass is 569 g/mol. The molecule has 8 nitrogen and oxygen atoms in total. The SMILES string of the molecule is O=C(C=Cc1cc(Cl)ccc1-n1cnnn1)N1CCCC(c2ccccc2)C1c1ncc(-c2ccc(Cl)cc2)[nH]1. The van der Waals surface area contributed by atoms with Gasteiger partial charge in [0.25, 0.3) is 0 Å². The van der Waals surface area contributed by atoms with Crippen LogP contribution in [0.25, 0.3) is 23.0 Å². The van der Waals surface area contributed by atoms with Gasteiger partial charge in [0, 0.05) is 34.1 Å². The largest absolute Gasteiger partial charge is 0.340 e. The van der Waals surface area contributed by atoms with Crippen LogP contribution in [0, 0.1) is 0 Å². The van der Waals surface area contributed by atoms with Crippen molar-refractivity contribution in [2.45, 2.75) is 24.8 Å². The minimum Gasteiger partial charge on any atom is -0.340 e. The van der Waals surface area contributed by atoms with Crippen molar-refractivity contribution in [2.24, 2.45) is 0 Å². The third-order valence-corrected chi connectivity index (χ3v) is 7.65. The van der Waals surface area contributed by atoms with Crippen LogP contribution in [0.4, 0.5) is 0 Å². The Balaban J connectivity index is 1.35. The van der Waals surface area contributed by atoms with Crippen molar-refractivity contribution in [3.63, 3.8) is 0 Å². The van der Waals surface area contributed by atoms with Crippen LogP contribution in [0.3, 0.4) is 0 Å². The molecule has 3 aromatic carbocycles. The lowest BCUT2D eigenvalue weighted by Gasteiger charge is -2.40. The van der Waals surface area contributed by atoms with Gasteiger partial charge in [-0.15, -0.1) is 5.10 Å². The number of carbonyl (C=O) groups excluding carboxylic acids is 1. The maximum atomic E-state index is 13.8. The lowest BCUT2D eigenvalue weighted by molar-refractivity contribution is -0.130. The summed E-state index contributed by atoms with van der Waals surface area (Å²) >= 11 is 12.4. The average molecular weight is 570 g/mol. The van der Waals surface area contributed by atoms with Gasteiger partial charge in [-0.25, -0.2) is 4.98 Å². The molecule has 2 unspecified atom stereocenters. The number of hydrogen-bond acceptors (Lipinski definition) is 5. The van der Waals surface area contributed by atoms with E-state index in [9.17, 15) is 4.79 Å². The van der Waals surface area contributed by atoms with Crippen LogP contribution in [0.2, 0.25) is 10.0 Å². The normalized spacial score (nSPS) is 17.4. The molecule has 1 fully saturated rings. The fourth-order valence-electron chi connectivity index (χ4n) is 5.29. The highest BCUT2D eigenvalue weighted by molar-refractivity contribution is 6.31. The lowest BCUT2D eigenvalue weighted by Crippen LogP contribution is -2.41. The van der Waals surface area contributed by atoms with Crippen LogP contribution in [0.5, 0.6) is 0 Å². The van der Waals surface area contributed by atoms with E-state index in [-0.39, 0.29) is 17.9 Å². The van der Waals surface area contributed by atoms with Crippen molar-refractivity contribution in [3.05, 3.63) is 118 Å². The second-order valence-electron chi connectivity index (χ2n) is 9.62. The first-order valence-electron chi connectivity index (χ1n) is 12.9. The summed E-state index contributed by atoms with van der Waals surface area (Å²) in [5.41, 5.74) is 4.47. The maximum absolute atomic E-state index is 13.8. The van der Waals surface area contributed by atoms with Gasteiger partial charge in [-0.05, 0) is 70.8 Å². The summed E-state index contributed by atoms with van der Waals surface area (Å²) in [4.78, 5) is 24.0. The van der Waals surface area contributed by atoms with Gasteiger partial charge < -0.3 is 9.88 Å². The van der Waals surface area contributed by atoms with E-state index in [2.05, 4.69) is 32.6 Å². The molecule has 0 aliphatic carbocycles. The number of imidazole rings is 1. The van der Waals surface area contributed by atoms with E-state index in [1.54, 1.807) is 24.3 Å². The summed E-state index contributed by atoms with van der Waals surface area (Å²) in [5.74, 6) is 0.717. The smallest absolute Gasteiger partial charge is 0.247 e. The lowest BCUT2D eigenvalue weighted by atomic mass is 9.83. The summed E-state index contributed by atoms with van der Waals surface area (Å²) in [6.45, 7) is 0.615. The van der Waals surface area contributed by atoms with Crippen LogP contribution < -0.4 is 0 Å². The predicted molar refractivity (Wildman–Crippen MR) is 155 cm³/mol. The molecule has 6 rings (SSSR count). The van der Waals surface area contributed by atoms with Crippen LogP contribution in [-0.4, -0.2) is 47.5 Å². The van der Waals surface area contributed by atoms with Crippen molar-refractivity contribution < 1.29 is 4.79 Å². The number of nitrogens with one attached hydrogen (secondary N) is 1. The summed E-state index contributed by atoms with van der Waals surface area (Å²) < 4.78 is 1.54. The number of rotatable bonds is 6. The number of likely N-dealkylation sites (tertiary alicyclic amines) is 1. The molecule has 3 heterocycles. The molecule has 200 valence electrons. The topological polar surface area (TPSA) is 92.6 Å². The number of halogens is 2. The Morgan fingerprint density at radius 1 is 1.00 bits per heavy atom. The van der Waals surface area contributed by atoms with E-state index in [1.165, 1.54) is 16.6 Å². The van der Waals surface area contributed by atoms with Crippen molar-refractivity contribution in [3.8, 4) is 16.9 Å². The molecule has 10 heteroatoms.